The van der Waals surface area contributed by atoms with E-state index in [1.54, 1.807) is 12.1 Å². The Morgan fingerprint density at radius 3 is 2.21 bits per heavy atom. The minimum atomic E-state index is 0.370. The Bertz CT molecular complexity index is 337. The van der Waals surface area contributed by atoms with Crippen LogP contribution >= 0.6 is 23.2 Å². The molecule has 0 radical (unpaired) electrons. The summed E-state index contributed by atoms with van der Waals surface area (Å²) in [7, 11) is 1.97. The van der Waals surface area contributed by atoms with E-state index in [-0.39, 0.29) is 0 Å². The monoisotopic (exact) mass is 232 g/mol. The number of benzene rings is 1. The molecule has 78 valence electrons. The van der Waals surface area contributed by atoms with Gasteiger partial charge in [-0.25, -0.2) is 0 Å². The summed E-state index contributed by atoms with van der Waals surface area (Å²) >= 11 is 11.8. The molecule has 1 aromatic carbocycles. The van der Waals surface area contributed by atoms with Crippen molar-refractivity contribution < 1.29 is 0 Å². The predicted octanol–water partition coefficient (Wildman–Crippen LogP) is 3.42. The van der Waals surface area contributed by atoms with E-state index in [0.717, 1.165) is 5.69 Å². The molecule has 2 N–H and O–H groups in total. The number of halogens is 2. The van der Waals surface area contributed by atoms with E-state index in [2.05, 4.69) is 18.7 Å². The molecule has 4 heteroatoms. The molecule has 0 aliphatic rings. The molecular weight excluding hydrogens is 219 g/mol. The van der Waals surface area contributed by atoms with Gasteiger partial charge in [0.05, 0.1) is 21.4 Å². The van der Waals surface area contributed by atoms with E-state index in [9.17, 15) is 0 Å². The van der Waals surface area contributed by atoms with Crippen molar-refractivity contribution in [1.29, 1.82) is 0 Å². The maximum Gasteiger partial charge on any atom is 0.0615 e. The Balaban J connectivity index is 3.15. The molecule has 0 fully saturated rings. The topological polar surface area (TPSA) is 29.3 Å². The number of hydrogen-bond donors (Lipinski definition) is 1. The molecule has 0 saturated carbocycles. The first-order valence-electron chi connectivity index (χ1n) is 4.41. The standard InChI is InChI=1S/C10H14Cl2N2/c1-6(2)14(3)10-5-8(12)7(11)4-9(10)13/h4-6H,13H2,1-3H3. The Morgan fingerprint density at radius 1 is 1.21 bits per heavy atom. The highest BCUT2D eigenvalue weighted by molar-refractivity contribution is 6.42. The average molecular weight is 233 g/mol. The van der Waals surface area contributed by atoms with Gasteiger partial charge in [-0.2, -0.15) is 0 Å². The van der Waals surface area contributed by atoms with Crippen LogP contribution in [0.2, 0.25) is 10.0 Å². The minimum absolute atomic E-state index is 0.370. The zero-order valence-corrected chi connectivity index (χ0v) is 10.0. The molecule has 1 rings (SSSR count). The largest absolute Gasteiger partial charge is 0.397 e. The molecule has 0 bridgehead atoms. The summed E-state index contributed by atoms with van der Waals surface area (Å²) in [6.45, 7) is 4.17. The molecule has 0 aliphatic heterocycles. The maximum absolute atomic E-state index is 5.92. The van der Waals surface area contributed by atoms with Crippen molar-refractivity contribution in [3.8, 4) is 0 Å². The summed E-state index contributed by atoms with van der Waals surface area (Å²) in [6.07, 6.45) is 0. The fourth-order valence-electron chi connectivity index (χ4n) is 1.14. The van der Waals surface area contributed by atoms with Gasteiger partial charge in [0.1, 0.15) is 0 Å². The highest BCUT2D eigenvalue weighted by Crippen LogP contribution is 2.33. The molecule has 2 nitrogen and oxygen atoms in total. The van der Waals surface area contributed by atoms with Crippen molar-refractivity contribution in [3.05, 3.63) is 22.2 Å². The molecule has 0 unspecified atom stereocenters. The van der Waals surface area contributed by atoms with Crippen LogP contribution in [0.1, 0.15) is 13.8 Å². The van der Waals surface area contributed by atoms with Crippen LogP contribution < -0.4 is 10.6 Å². The molecule has 0 aliphatic carbocycles. The van der Waals surface area contributed by atoms with E-state index < -0.39 is 0 Å². The predicted molar refractivity (Wildman–Crippen MR) is 64.4 cm³/mol. The lowest BCUT2D eigenvalue weighted by Crippen LogP contribution is -2.26. The molecule has 1 aromatic rings. The van der Waals surface area contributed by atoms with Gasteiger partial charge in [0, 0.05) is 13.1 Å². The average Bonchev–Trinajstić information content (AvgIpc) is 2.10. The Morgan fingerprint density at radius 2 is 1.71 bits per heavy atom. The second kappa shape index (κ2) is 4.28. The van der Waals surface area contributed by atoms with Crippen molar-refractivity contribution >= 4 is 34.6 Å². The smallest absolute Gasteiger partial charge is 0.0615 e. The van der Waals surface area contributed by atoms with E-state index in [0.29, 0.717) is 21.8 Å². The fourth-order valence-corrected chi connectivity index (χ4v) is 1.47. The molecular formula is C10H14Cl2N2. The Labute approximate surface area is 94.6 Å². The molecule has 14 heavy (non-hydrogen) atoms. The third-order valence-electron chi connectivity index (χ3n) is 2.22. The van der Waals surface area contributed by atoms with Gasteiger partial charge in [-0.3, -0.25) is 0 Å². The van der Waals surface area contributed by atoms with Gasteiger partial charge in [-0.15, -0.1) is 0 Å². The number of nitrogens with zero attached hydrogens (tertiary/aromatic N) is 1. The highest BCUT2D eigenvalue weighted by Gasteiger charge is 2.11. The Kier molecular flexibility index (Phi) is 3.51. The van der Waals surface area contributed by atoms with E-state index in [4.69, 9.17) is 28.9 Å². The molecule has 0 saturated heterocycles. The van der Waals surface area contributed by atoms with Crippen LogP contribution in [0.4, 0.5) is 11.4 Å². The number of rotatable bonds is 2. The van der Waals surface area contributed by atoms with Crippen LogP contribution in [0, 0.1) is 0 Å². The highest BCUT2D eigenvalue weighted by atomic mass is 35.5. The summed E-state index contributed by atoms with van der Waals surface area (Å²) in [5.41, 5.74) is 7.40. The van der Waals surface area contributed by atoms with Crippen LogP contribution in [0.5, 0.6) is 0 Å². The molecule has 0 spiro atoms. The summed E-state index contributed by atoms with van der Waals surface area (Å²) in [5.74, 6) is 0. The lowest BCUT2D eigenvalue weighted by atomic mass is 10.2. The first-order chi connectivity index (χ1) is 6.43. The van der Waals surface area contributed by atoms with Crippen LogP contribution in [-0.2, 0) is 0 Å². The van der Waals surface area contributed by atoms with Gasteiger partial charge in [0.15, 0.2) is 0 Å². The first-order valence-corrected chi connectivity index (χ1v) is 5.16. The van der Waals surface area contributed by atoms with Gasteiger partial charge >= 0.3 is 0 Å². The van der Waals surface area contributed by atoms with Crippen molar-refractivity contribution in [2.45, 2.75) is 19.9 Å². The Hall–Kier alpha value is -0.600. The van der Waals surface area contributed by atoms with E-state index in [1.807, 2.05) is 7.05 Å². The fraction of sp³-hybridized carbons (Fsp3) is 0.400. The molecule has 0 heterocycles. The van der Waals surface area contributed by atoms with Gasteiger partial charge in [-0.05, 0) is 26.0 Å². The summed E-state index contributed by atoms with van der Waals surface area (Å²) in [6, 6.07) is 3.84. The number of anilines is 2. The lowest BCUT2D eigenvalue weighted by molar-refractivity contribution is 0.756. The van der Waals surface area contributed by atoms with Gasteiger partial charge in [0.2, 0.25) is 0 Å². The van der Waals surface area contributed by atoms with Crippen LogP contribution in [0.15, 0.2) is 12.1 Å². The second-order valence-corrected chi connectivity index (χ2v) is 4.34. The third-order valence-corrected chi connectivity index (χ3v) is 2.95. The van der Waals surface area contributed by atoms with Crippen molar-refractivity contribution in [2.75, 3.05) is 17.7 Å². The molecule has 0 amide bonds. The maximum atomic E-state index is 5.92. The second-order valence-electron chi connectivity index (χ2n) is 3.53. The number of hydrogen-bond acceptors (Lipinski definition) is 2. The summed E-state index contributed by atoms with van der Waals surface area (Å²) in [4.78, 5) is 2.05. The quantitative estimate of drug-likeness (QED) is 0.793. The van der Waals surface area contributed by atoms with E-state index >= 15 is 0 Å². The molecule has 0 atom stereocenters. The van der Waals surface area contributed by atoms with Crippen LogP contribution in [0.3, 0.4) is 0 Å². The number of nitrogens with two attached hydrogens (primary N) is 1. The van der Waals surface area contributed by atoms with Crippen molar-refractivity contribution in [2.24, 2.45) is 0 Å². The van der Waals surface area contributed by atoms with Crippen LogP contribution in [-0.4, -0.2) is 13.1 Å². The minimum Gasteiger partial charge on any atom is -0.397 e. The summed E-state index contributed by atoms with van der Waals surface area (Å²) < 4.78 is 0. The summed E-state index contributed by atoms with van der Waals surface area (Å²) in [5, 5.41) is 1.02. The SMILES string of the molecule is CC(C)N(C)c1cc(Cl)c(Cl)cc1N. The molecule has 0 aromatic heterocycles. The zero-order chi connectivity index (χ0) is 10.9. The van der Waals surface area contributed by atoms with Gasteiger partial charge in [-0.1, -0.05) is 23.2 Å². The van der Waals surface area contributed by atoms with Crippen LogP contribution in [0.25, 0.3) is 0 Å². The van der Waals surface area contributed by atoms with E-state index in [1.165, 1.54) is 0 Å². The van der Waals surface area contributed by atoms with Gasteiger partial charge in [0.25, 0.3) is 0 Å². The normalized spacial score (nSPS) is 10.7. The third kappa shape index (κ3) is 2.25. The first kappa shape index (κ1) is 11.5. The lowest BCUT2D eigenvalue weighted by Gasteiger charge is -2.25. The number of nitrogen functional groups attached to an aromatic ring is 1. The van der Waals surface area contributed by atoms with Crippen molar-refractivity contribution in [3.63, 3.8) is 0 Å². The van der Waals surface area contributed by atoms with Crippen molar-refractivity contribution in [1.82, 2.24) is 0 Å². The zero-order valence-electron chi connectivity index (χ0n) is 8.51. The van der Waals surface area contributed by atoms with Gasteiger partial charge < -0.3 is 10.6 Å².